The van der Waals surface area contributed by atoms with E-state index in [9.17, 15) is 5.11 Å². The summed E-state index contributed by atoms with van der Waals surface area (Å²) in [4.78, 5) is 4.17. The fraction of sp³-hybridized carbons (Fsp3) is 0.444. The Hall–Kier alpha value is -0.450. The van der Waals surface area contributed by atoms with Gasteiger partial charge in [0.1, 0.15) is 0 Å². The number of aliphatic hydroxyl groups excluding tert-OH is 1. The van der Waals surface area contributed by atoms with E-state index in [4.69, 9.17) is 5.73 Å². The predicted octanol–water partition coefficient (Wildman–Crippen LogP) is 1.53. The fourth-order valence-corrected chi connectivity index (χ4v) is 1.75. The SMILES string of the molecule is Cc1cnc([C@H](N)[C@@H](C)O)c(Br)c1. The Balaban J connectivity index is 3.01. The van der Waals surface area contributed by atoms with Crippen molar-refractivity contribution in [1.29, 1.82) is 0 Å². The average Bonchev–Trinajstić information content (AvgIpc) is 2.03. The number of rotatable bonds is 2. The molecule has 1 aromatic rings. The molecule has 0 amide bonds. The molecule has 13 heavy (non-hydrogen) atoms. The fourth-order valence-electron chi connectivity index (χ4n) is 1.02. The monoisotopic (exact) mass is 244 g/mol. The molecule has 1 heterocycles. The Morgan fingerprint density at radius 3 is 2.69 bits per heavy atom. The van der Waals surface area contributed by atoms with Crippen LogP contribution in [-0.4, -0.2) is 16.2 Å². The molecule has 0 aliphatic carbocycles. The first-order chi connectivity index (χ1) is 6.02. The minimum Gasteiger partial charge on any atom is -0.391 e. The number of pyridine rings is 1. The molecule has 0 fully saturated rings. The lowest BCUT2D eigenvalue weighted by atomic mass is 10.1. The first kappa shape index (κ1) is 10.6. The van der Waals surface area contributed by atoms with Gasteiger partial charge in [0.25, 0.3) is 0 Å². The summed E-state index contributed by atoms with van der Waals surface area (Å²) in [6.45, 7) is 3.61. The summed E-state index contributed by atoms with van der Waals surface area (Å²) in [5.74, 6) is 0. The van der Waals surface area contributed by atoms with E-state index in [0.717, 1.165) is 10.0 Å². The molecule has 0 spiro atoms. The summed E-state index contributed by atoms with van der Waals surface area (Å²) in [5.41, 5.74) is 7.50. The van der Waals surface area contributed by atoms with Gasteiger partial charge in [-0.3, -0.25) is 4.98 Å². The summed E-state index contributed by atoms with van der Waals surface area (Å²) in [6, 6.07) is 1.50. The number of aliphatic hydroxyl groups is 1. The zero-order chi connectivity index (χ0) is 10.0. The zero-order valence-corrected chi connectivity index (χ0v) is 9.25. The van der Waals surface area contributed by atoms with Crippen molar-refractivity contribution in [2.24, 2.45) is 5.73 Å². The molecule has 0 saturated carbocycles. The second-order valence-electron chi connectivity index (χ2n) is 3.15. The van der Waals surface area contributed by atoms with Crippen LogP contribution in [0.1, 0.15) is 24.2 Å². The van der Waals surface area contributed by atoms with Crippen LogP contribution in [0.3, 0.4) is 0 Å². The van der Waals surface area contributed by atoms with Gasteiger partial charge < -0.3 is 10.8 Å². The second-order valence-corrected chi connectivity index (χ2v) is 4.00. The molecular weight excluding hydrogens is 232 g/mol. The van der Waals surface area contributed by atoms with Gasteiger partial charge in [-0.05, 0) is 41.4 Å². The van der Waals surface area contributed by atoms with Gasteiger partial charge in [-0.25, -0.2) is 0 Å². The van der Waals surface area contributed by atoms with Crippen LogP contribution in [-0.2, 0) is 0 Å². The molecule has 0 unspecified atom stereocenters. The third kappa shape index (κ3) is 2.49. The highest BCUT2D eigenvalue weighted by Crippen LogP contribution is 2.22. The van der Waals surface area contributed by atoms with Crippen molar-refractivity contribution in [3.05, 3.63) is 28.0 Å². The zero-order valence-electron chi connectivity index (χ0n) is 7.66. The van der Waals surface area contributed by atoms with Gasteiger partial charge >= 0.3 is 0 Å². The topological polar surface area (TPSA) is 59.1 Å². The quantitative estimate of drug-likeness (QED) is 0.830. The Labute approximate surface area is 86.1 Å². The maximum atomic E-state index is 9.28. The Kier molecular flexibility index (Phi) is 3.41. The standard InChI is InChI=1S/C9H13BrN2O/c1-5-3-7(10)9(12-4-5)8(11)6(2)13/h3-4,6,8,13H,11H2,1-2H3/t6-,8-/m1/s1. The molecule has 0 aliphatic rings. The van der Waals surface area contributed by atoms with Crippen LogP contribution < -0.4 is 5.73 Å². The van der Waals surface area contributed by atoms with E-state index in [-0.39, 0.29) is 0 Å². The molecule has 0 radical (unpaired) electrons. The summed E-state index contributed by atoms with van der Waals surface area (Å²) in [5, 5.41) is 9.28. The first-order valence-electron chi connectivity index (χ1n) is 4.08. The third-order valence-electron chi connectivity index (χ3n) is 1.84. The number of nitrogens with zero attached hydrogens (tertiary/aromatic N) is 1. The molecule has 3 N–H and O–H groups in total. The van der Waals surface area contributed by atoms with Crippen molar-refractivity contribution in [3.63, 3.8) is 0 Å². The van der Waals surface area contributed by atoms with Gasteiger partial charge in [0.15, 0.2) is 0 Å². The van der Waals surface area contributed by atoms with Crippen LogP contribution >= 0.6 is 15.9 Å². The Morgan fingerprint density at radius 1 is 1.62 bits per heavy atom. The lowest BCUT2D eigenvalue weighted by Gasteiger charge is -2.15. The third-order valence-corrected chi connectivity index (χ3v) is 2.48. The van der Waals surface area contributed by atoms with E-state index >= 15 is 0 Å². The smallest absolute Gasteiger partial charge is 0.0742 e. The highest BCUT2D eigenvalue weighted by atomic mass is 79.9. The molecule has 72 valence electrons. The molecule has 0 aromatic carbocycles. The first-order valence-corrected chi connectivity index (χ1v) is 4.87. The molecule has 2 atom stereocenters. The molecule has 3 nitrogen and oxygen atoms in total. The number of aromatic nitrogens is 1. The number of hydrogen-bond acceptors (Lipinski definition) is 3. The Morgan fingerprint density at radius 2 is 2.23 bits per heavy atom. The largest absolute Gasteiger partial charge is 0.391 e. The van der Waals surface area contributed by atoms with E-state index in [1.165, 1.54) is 0 Å². The van der Waals surface area contributed by atoms with Crippen LogP contribution in [0.5, 0.6) is 0 Å². The van der Waals surface area contributed by atoms with Crippen molar-refractivity contribution < 1.29 is 5.11 Å². The molecule has 0 saturated heterocycles. The second kappa shape index (κ2) is 4.17. The minimum absolute atomic E-state index is 0.435. The van der Waals surface area contributed by atoms with Crippen LogP contribution in [0.15, 0.2) is 16.7 Å². The molecule has 4 heteroatoms. The molecular formula is C9H13BrN2O. The predicted molar refractivity (Wildman–Crippen MR) is 55.3 cm³/mol. The highest BCUT2D eigenvalue weighted by Gasteiger charge is 2.16. The lowest BCUT2D eigenvalue weighted by Crippen LogP contribution is -2.24. The van der Waals surface area contributed by atoms with Gasteiger partial charge in [-0.1, -0.05) is 0 Å². The van der Waals surface area contributed by atoms with Gasteiger partial charge in [-0.15, -0.1) is 0 Å². The van der Waals surface area contributed by atoms with E-state index in [1.807, 2.05) is 13.0 Å². The van der Waals surface area contributed by atoms with Crippen molar-refractivity contribution >= 4 is 15.9 Å². The maximum absolute atomic E-state index is 9.28. The summed E-state index contributed by atoms with van der Waals surface area (Å²) >= 11 is 3.36. The summed E-state index contributed by atoms with van der Waals surface area (Å²) < 4.78 is 0.848. The van der Waals surface area contributed by atoms with Crippen molar-refractivity contribution in [3.8, 4) is 0 Å². The van der Waals surface area contributed by atoms with Gasteiger partial charge in [-0.2, -0.15) is 0 Å². The van der Waals surface area contributed by atoms with Crippen LogP contribution in [0.2, 0.25) is 0 Å². The number of nitrogens with two attached hydrogens (primary N) is 1. The normalized spacial score (nSPS) is 15.5. The van der Waals surface area contributed by atoms with Crippen LogP contribution in [0, 0.1) is 6.92 Å². The average molecular weight is 245 g/mol. The summed E-state index contributed by atoms with van der Waals surface area (Å²) in [7, 11) is 0. The Bertz CT molecular complexity index is 302. The van der Waals surface area contributed by atoms with E-state index in [2.05, 4.69) is 20.9 Å². The van der Waals surface area contributed by atoms with Crippen LogP contribution in [0.25, 0.3) is 0 Å². The highest BCUT2D eigenvalue weighted by molar-refractivity contribution is 9.10. The molecule has 1 rings (SSSR count). The molecule has 0 bridgehead atoms. The van der Waals surface area contributed by atoms with Crippen molar-refractivity contribution in [1.82, 2.24) is 4.98 Å². The van der Waals surface area contributed by atoms with Gasteiger partial charge in [0.2, 0.25) is 0 Å². The number of halogens is 1. The number of hydrogen-bond donors (Lipinski definition) is 2. The van der Waals surface area contributed by atoms with Crippen molar-refractivity contribution in [2.45, 2.75) is 26.0 Å². The van der Waals surface area contributed by atoms with E-state index in [1.54, 1.807) is 13.1 Å². The minimum atomic E-state index is -0.591. The molecule has 1 aromatic heterocycles. The van der Waals surface area contributed by atoms with E-state index < -0.39 is 12.1 Å². The van der Waals surface area contributed by atoms with Crippen molar-refractivity contribution in [2.75, 3.05) is 0 Å². The number of aryl methyl sites for hydroxylation is 1. The maximum Gasteiger partial charge on any atom is 0.0742 e. The van der Waals surface area contributed by atoms with Gasteiger partial charge in [0, 0.05) is 10.7 Å². The lowest BCUT2D eigenvalue weighted by molar-refractivity contribution is 0.162. The van der Waals surface area contributed by atoms with Gasteiger partial charge in [0.05, 0.1) is 17.8 Å². The molecule has 0 aliphatic heterocycles. The summed E-state index contributed by atoms with van der Waals surface area (Å²) in [6.07, 6.45) is 1.15. The van der Waals surface area contributed by atoms with E-state index in [0.29, 0.717) is 5.69 Å². The van der Waals surface area contributed by atoms with Crippen LogP contribution in [0.4, 0.5) is 0 Å².